The number of hydrogen-bond donors (Lipinski definition) is 2. The quantitative estimate of drug-likeness (QED) is 0.824. The summed E-state index contributed by atoms with van der Waals surface area (Å²) in [6.07, 6.45) is 0.842. The van der Waals surface area contributed by atoms with E-state index in [0.717, 1.165) is 22.6 Å². The molecule has 2 aromatic carbocycles. The minimum Gasteiger partial charge on any atom is -0.331 e. The number of thioether (sulfide) groups is 1. The predicted octanol–water partition coefficient (Wildman–Crippen LogP) is 4.84. The van der Waals surface area contributed by atoms with Crippen LogP contribution < -0.4 is 10.6 Å². The van der Waals surface area contributed by atoms with Gasteiger partial charge in [-0.3, -0.25) is 0 Å². The zero-order chi connectivity index (χ0) is 15.5. The molecule has 114 valence electrons. The Kier molecular flexibility index (Phi) is 4.55. The largest absolute Gasteiger partial charge is 0.331 e. The third kappa shape index (κ3) is 3.54. The summed E-state index contributed by atoms with van der Waals surface area (Å²) in [5.41, 5.74) is 1.59. The molecule has 1 atom stereocenters. The van der Waals surface area contributed by atoms with Crippen molar-refractivity contribution in [3.05, 3.63) is 58.9 Å². The number of halogens is 2. The van der Waals surface area contributed by atoms with E-state index in [9.17, 15) is 9.18 Å². The van der Waals surface area contributed by atoms with E-state index in [2.05, 4.69) is 10.6 Å². The van der Waals surface area contributed by atoms with Gasteiger partial charge in [0.25, 0.3) is 0 Å². The normalized spacial score (nSPS) is 16.7. The lowest BCUT2D eigenvalue weighted by molar-refractivity contribution is 0.248. The van der Waals surface area contributed by atoms with Gasteiger partial charge in [0.05, 0.1) is 6.04 Å². The molecular weight excluding hydrogens is 323 g/mol. The molecule has 1 aliphatic rings. The number of carbonyl (C=O) groups excluding carboxylic acids is 1. The van der Waals surface area contributed by atoms with E-state index in [1.807, 2.05) is 18.2 Å². The second kappa shape index (κ2) is 6.58. The predicted molar refractivity (Wildman–Crippen MR) is 88.1 cm³/mol. The summed E-state index contributed by atoms with van der Waals surface area (Å²) in [5, 5.41) is 6.31. The summed E-state index contributed by atoms with van der Waals surface area (Å²) in [7, 11) is 0. The Hall–Kier alpha value is -1.72. The Morgan fingerprint density at radius 3 is 2.77 bits per heavy atom. The minimum atomic E-state index is -0.334. The van der Waals surface area contributed by atoms with E-state index in [0.29, 0.717) is 10.7 Å². The SMILES string of the molecule is O=C(Nc1ccc(F)cc1)NC1CCSc2ccc(Cl)cc21. The average molecular weight is 337 g/mol. The van der Waals surface area contributed by atoms with Gasteiger partial charge in [-0.1, -0.05) is 11.6 Å². The van der Waals surface area contributed by atoms with Crippen molar-refractivity contribution in [1.82, 2.24) is 5.32 Å². The van der Waals surface area contributed by atoms with Gasteiger partial charge in [0.1, 0.15) is 5.82 Å². The van der Waals surface area contributed by atoms with E-state index < -0.39 is 0 Å². The number of benzene rings is 2. The summed E-state index contributed by atoms with van der Waals surface area (Å²) in [5.74, 6) is 0.606. The standard InChI is InChI=1S/C16H14ClFN2OS/c17-10-1-6-15-13(9-10)14(7-8-22-15)20-16(21)19-12-4-2-11(18)3-5-12/h1-6,9,14H,7-8H2,(H2,19,20,21). The lowest BCUT2D eigenvalue weighted by atomic mass is 10.0. The van der Waals surface area contributed by atoms with E-state index in [-0.39, 0.29) is 17.9 Å². The van der Waals surface area contributed by atoms with Crippen LogP contribution in [0, 0.1) is 5.82 Å². The van der Waals surface area contributed by atoms with Crippen molar-refractivity contribution in [2.75, 3.05) is 11.1 Å². The number of anilines is 1. The molecule has 1 aliphatic heterocycles. The first kappa shape index (κ1) is 15.2. The van der Waals surface area contributed by atoms with E-state index in [4.69, 9.17) is 11.6 Å². The van der Waals surface area contributed by atoms with Crippen LogP contribution in [0.2, 0.25) is 5.02 Å². The van der Waals surface area contributed by atoms with Gasteiger partial charge in [-0.25, -0.2) is 9.18 Å². The molecule has 2 aromatic rings. The van der Waals surface area contributed by atoms with Crippen LogP contribution in [-0.2, 0) is 0 Å². The Morgan fingerprint density at radius 1 is 1.23 bits per heavy atom. The molecule has 0 fully saturated rings. The highest BCUT2D eigenvalue weighted by Gasteiger charge is 2.22. The monoisotopic (exact) mass is 336 g/mol. The van der Waals surface area contributed by atoms with Gasteiger partial charge >= 0.3 is 6.03 Å². The van der Waals surface area contributed by atoms with Crippen LogP contribution in [0.5, 0.6) is 0 Å². The zero-order valence-electron chi connectivity index (χ0n) is 11.6. The molecule has 2 amide bonds. The lowest BCUT2D eigenvalue weighted by Gasteiger charge is -2.26. The van der Waals surface area contributed by atoms with Crippen LogP contribution in [0.15, 0.2) is 47.4 Å². The highest BCUT2D eigenvalue weighted by Crippen LogP contribution is 2.37. The number of hydrogen-bond acceptors (Lipinski definition) is 2. The van der Waals surface area contributed by atoms with E-state index >= 15 is 0 Å². The Balaban J connectivity index is 1.70. The van der Waals surface area contributed by atoms with Crippen LogP contribution in [0.3, 0.4) is 0 Å². The summed E-state index contributed by atoms with van der Waals surface area (Å²) in [4.78, 5) is 13.2. The van der Waals surface area contributed by atoms with Crippen molar-refractivity contribution in [3.8, 4) is 0 Å². The third-order valence-corrected chi connectivity index (χ3v) is 4.78. The molecule has 0 saturated heterocycles. The molecular formula is C16H14ClFN2OS. The maximum atomic E-state index is 12.9. The molecule has 0 radical (unpaired) electrons. The van der Waals surface area contributed by atoms with E-state index in [1.165, 1.54) is 24.3 Å². The second-order valence-corrected chi connectivity index (χ2v) is 6.55. The summed E-state index contributed by atoms with van der Waals surface area (Å²) in [6.45, 7) is 0. The average Bonchev–Trinajstić information content (AvgIpc) is 2.50. The molecule has 6 heteroatoms. The van der Waals surface area contributed by atoms with Crippen molar-refractivity contribution in [1.29, 1.82) is 0 Å². The Labute approximate surface area is 137 Å². The van der Waals surface area contributed by atoms with Gasteiger partial charge in [-0.15, -0.1) is 11.8 Å². The molecule has 0 saturated carbocycles. The molecule has 22 heavy (non-hydrogen) atoms. The maximum Gasteiger partial charge on any atom is 0.319 e. The molecule has 0 aromatic heterocycles. The van der Waals surface area contributed by atoms with Crippen LogP contribution in [-0.4, -0.2) is 11.8 Å². The van der Waals surface area contributed by atoms with Gasteiger partial charge in [-0.2, -0.15) is 0 Å². The fourth-order valence-electron chi connectivity index (χ4n) is 2.37. The molecule has 0 spiro atoms. The molecule has 3 nitrogen and oxygen atoms in total. The fraction of sp³-hybridized carbons (Fsp3) is 0.188. The van der Waals surface area contributed by atoms with Crippen LogP contribution in [0.1, 0.15) is 18.0 Å². The molecule has 0 aliphatic carbocycles. The van der Waals surface area contributed by atoms with Crippen molar-refractivity contribution in [2.45, 2.75) is 17.4 Å². The van der Waals surface area contributed by atoms with Crippen LogP contribution >= 0.6 is 23.4 Å². The number of rotatable bonds is 2. The maximum absolute atomic E-state index is 12.9. The molecule has 3 rings (SSSR count). The smallest absolute Gasteiger partial charge is 0.319 e. The molecule has 0 bridgehead atoms. The van der Waals surface area contributed by atoms with E-state index in [1.54, 1.807) is 11.8 Å². The number of fused-ring (bicyclic) bond motifs is 1. The molecule has 1 heterocycles. The summed E-state index contributed by atoms with van der Waals surface area (Å²) < 4.78 is 12.9. The summed E-state index contributed by atoms with van der Waals surface area (Å²) >= 11 is 7.81. The topological polar surface area (TPSA) is 41.1 Å². The Morgan fingerprint density at radius 2 is 2.00 bits per heavy atom. The van der Waals surface area contributed by atoms with Crippen molar-refractivity contribution in [3.63, 3.8) is 0 Å². The van der Waals surface area contributed by atoms with Gasteiger partial charge in [0, 0.05) is 21.4 Å². The van der Waals surface area contributed by atoms with Crippen LogP contribution in [0.25, 0.3) is 0 Å². The van der Waals surface area contributed by atoms with Gasteiger partial charge in [0.15, 0.2) is 0 Å². The molecule has 2 N–H and O–H groups in total. The molecule has 1 unspecified atom stereocenters. The minimum absolute atomic E-state index is 0.0737. The second-order valence-electron chi connectivity index (χ2n) is 4.98. The first-order valence-electron chi connectivity index (χ1n) is 6.87. The van der Waals surface area contributed by atoms with Crippen molar-refractivity contribution >= 4 is 35.1 Å². The van der Waals surface area contributed by atoms with Gasteiger partial charge < -0.3 is 10.6 Å². The van der Waals surface area contributed by atoms with Gasteiger partial charge in [-0.05, 0) is 54.4 Å². The number of carbonyl (C=O) groups is 1. The highest BCUT2D eigenvalue weighted by molar-refractivity contribution is 7.99. The van der Waals surface area contributed by atoms with Crippen LogP contribution in [0.4, 0.5) is 14.9 Å². The number of amides is 2. The summed E-state index contributed by atoms with van der Waals surface area (Å²) in [6, 6.07) is 11.0. The number of nitrogens with one attached hydrogen (secondary N) is 2. The fourth-order valence-corrected chi connectivity index (χ4v) is 3.66. The first-order chi connectivity index (χ1) is 10.6. The van der Waals surface area contributed by atoms with Gasteiger partial charge in [0.2, 0.25) is 0 Å². The van der Waals surface area contributed by atoms with Crippen molar-refractivity contribution in [2.24, 2.45) is 0 Å². The zero-order valence-corrected chi connectivity index (χ0v) is 13.2. The first-order valence-corrected chi connectivity index (χ1v) is 8.23. The third-order valence-electron chi connectivity index (χ3n) is 3.42. The number of urea groups is 1. The lowest BCUT2D eigenvalue weighted by Crippen LogP contribution is -2.34. The highest BCUT2D eigenvalue weighted by atomic mass is 35.5. The van der Waals surface area contributed by atoms with Crippen molar-refractivity contribution < 1.29 is 9.18 Å². The Bertz CT molecular complexity index is 693.